The first-order chi connectivity index (χ1) is 8.27. The predicted octanol–water partition coefficient (Wildman–Crippen LogP) is 3.38. The van der Waals surface area contributed by atoms with E-state index in [0.29, 0.717) is 13.2 Å². The van der Waals surface area contributed by atoms with Crippen LogP contribution in [-0.2, 0) is 4.74 Å². The van der Waals surface area contributed by atoms with Gasteiger partial charge in [-0.15, -0.1) is 0 Å². The lowest BCUT2D eigenvalue weighted by molar-refractivity contribution is 0.325. The van der Waals surface area contributed by atoms with Gasteiger partial charge in [0.05, 0.1) is 6.61 Å². The SMILES string of the molecule is CCOC(=N)c1ccc(OC/C=C/CBr)cc1. The fraction of sp³-hybridized carbons (Fsp3) is 0.308. The second kappa shape index (κ2) is 7.90. The molecule has 0 radical (unpaired) electrons. The summed E-state index contributed by atoms with van der Waals surface area (Å²) >= 11 is 3.30. The van der Waals surface area contributed by atoms with Gasteiger partial charge in [-0.05, 0) is 31.2 Å². The van der Waals surface area contributed by atoms with Gasteiger partial charge in [-0.1, -0.05) is 28.1 Å². The zero-order chi connectivity index (χ0) is 12.5. The molecule has 0 heterocycles. The Bertz CT molecular complexity index is 374. The number of halogens is 1. The normalized spacial score (nSPS) is 10.5. The number of nitrogens with one attached hydrogen (secondary N) is 1. The summed E-state index contributed by atoms with van der Waals surface area (Å²) in [5, 5.41) is 8.45. The lowest BCUT2D eigenvalue weighted by atomic mass is 10.2. The van der Waals surface area contributed by atoms with Crippen LogP contribution >= 0.6 is 15.9 Å². The van der Waals surface area contributed by atoms with E-state index in [0.717, 1.165) is 16.6 Å². The zero-order valence-corrected chi connectivity index (χ0v) is 11.4. The highest BCUT2D eigenvalue weighted by Crippen LogP contribution is 2.12. The fourth-order valence-electron chi connectivity index (χ4n) is 1.21. The van der Waals surface area contributed by atoms with E-state index < -0.39 is 0 Å². The van der Waals surface area contributed by atoms with Gasteiger partial charge in [0.2, 0.25) is 5.90 Å². The molecule has 1 aromatic carbocycles. The van der Waals surface area contributed by atoms with E-state index in [1.807, 2.05) is 43.3 Å². The molecule has 0 saturated heterocycles. The first kappa shape index (κ1) is 13.8. The van der Waals surface area contributed by atoms with Crippen LogP contribution in [0.4, 0.5) is 0 Å². The molecule has 17 heavy (non-hydrogen) atoms. The second-order valence-electron chi connectivity index (χ2n) is 3.22. The van der Waals surface area contributed by atoms with Gasteiger partial charge in [-0.25, -0.2) is 0 Å². The molecular formula is C13H16BrNO2. The van der Waals surface area contributed by atoms with E-state index in [2.05, 4.69) is 15.9 Å². The summed E-state index contributed by atoms with van der Waals surface area (Å²) in [5.74, 6) is 0.982. The Morgan fingerprint density at radius 2 is 2.00 bits per heavy atom. The minimum Gasteiger partial charge on any atom is -0.490 e. The number of rotatable bonds is 6. The molecule has 1 N–H and O–H groups in total. The topological polar surface area (TPSA) is 42.3 Å². The van der Waals surface area contributed by atoms with Gasteiger partial charge in [0, 0.05) is 10.9 Å². The van der Waals surface area contributed by atoms with E-state index in [-0.39, 0.29) is 5.90 Å². The summed E-state index contributed by atoms with van der Waals surface area (Å²) in [6.07, 6.45) is 3.93. The zero-order valence-electron chi connectivity index (χ0n) is 9.78. The van der Waals surface area contributed by atoms with Gasteiger partial charge in [0.25, 0.3) is 0 Å². The van der Waals surface area contributed by atoms with Crippen LogP contribution in [0.5, 0.6) is 5.75 Å². The average molecular weight is 298 g/mol. The van der Waals surface area contributed by atoms with Gasteiger partial charge in [-0.2, -0.15) is 0 Å². The maximum Gasteiger partial charge on any atom is 0.213 e. The van der Waals surface area contributed by atoms with E-state index in [1.165, 1.54) is 0 Å². The molecule has 3 nitrogen and oxygen atoms in total. The Kier molecular flexibility index (Phi) is 6.40. The smallest absolute Gasteiger partial charge is 0.213 e. The number of benzene rings is 1. The Morgan fingerprint density at radius 1 is 1.29 bits per heavy atom. The molecule has 0 atom stereocenters. The summed E-state index contributed by atoms with van der Waals surface area (Å²) in [7, 11) is 0. The molecule has 0 aliphatic carbocycles. The van der Waals surface area contributed by atoms with Gasteiger partial charge in [0.1, 0.15) is 12.4 Å². The van der Waals surface area contributed by atoms with Crippen molar-refractivity contribution in [3.05, 3.63) is 42.0 Å². The molecule has 0 aliphatic heterocycles. The van der Waals surface area contributed by atoms with Crippen molar-refractivity contribution in [3.63, 3.8) is 0 Å². The Labute approximate surface area is 110 Å². The highest BCUT2D eigenvalue weighted by atomic mass is 79.9. The summed E-state index contributed by atoms with van der Waals surface area (Å²) in [6, 6.07) is 7.32. The molecule has 0 aliphatic rings. The van der Waals surface area contributed by atoms with Crippen molar-refractivity contribution in [2.75, 3.05) is 18.5 Å². The van der Waals surface area contributed by atoms with Crippen molar-refractivity contribution in [1.29, 1.82) is 5.41 Å². The maximum absolute atomic E-state index is 7.61. The highest BCUT2D eigenvalue weighted by molar-refractivity contribution is 9.09. The number of allylic oxidation sites excluding steroid dienone is 1. The van der Waals surface area contributed by atoms with E-state index in [4.69, 9.17) is 14.9 Å². The van der Waals surface area contributed by atoms with Crippen molar-refractivity contribution in [3.8, 4) is 5.75 Å². The van der Waals surface area contributed by atoms with Crippen molar-refractivity contribution in [2.24, 2.45) is 0 Å². The number of hydrogen-bond donors (Lipinski definition) is 1. The second-order valence-corrected chi connectivity index (χ2v) is 3.87. The molecular weight excluding hydrogens is 282 g/mol. The molecule has 0 saturated carbocycles. The van der Waals surface area contributed by atoms with Crippen LogP contribution in [0.3, 0.4) is 0 Å². The van der Waals surface area contributed by atoms with Gasteiger partial charge >= 0.3 is 0 Å². The number of ether oxygens (including phenoxy) is 2. The van der Waals surface area contributed by atoms with Crippen molar-refractivity contribution >= 4 is 21.8 Å². The minimum absolute atomic E-state index is 0.193. The predicted molar refractivity (Wildman–Crippen MR) is 73.3 cm³/mol. The lowest BCUT2D eigenvalue weighted by Crippen LogP contribution is -2.04. The third-order valence-electron chi connectivity index (χ3n) is 2.01. The fourth-order valence-corrected chi connectivity index (χ4v) is 1.47. The molecule has 0 bridgehead atoms. The lowest BCUT2D eigenvalue weighted by Gasteiger charge is -2.06. The highest BCUT2D eigenvalue weighted by Gasteiger charge is 2.01. The number of hydrogen-bond acceptors (Lipinski definition) is 3. The third kappa shape index (κ3) is 5.04. The summed E-state index contributed by atoms with van der Waals surface area (Å²) in [4.78, 5) is 0. The van der Waals surface area contributed by atoms with Crippen LogP contribution in [0.15, 0.2) is 36.4 Å². The summed E-state index contributed by atoms with van der Waals surface area (Å²) < 4.78 is 10.6. The maximum atomic E-state index is 7.61. The van der Waals surface area contributed by atoms with Crippen LogP contribution in [0.2, 0.25) is 0 Å². The first-order valence-electron chi connectivity index (χ1n) is 5.43. The monoisotopic (exact) mass is 297 g/mol. The van der Waals surface area contributed by atoms with Gasteiger partial charge < -0.3 is 9.47 Å². The van der Waals surface area contributed by atoms with Crippen LogP contribution < -0.4 is 4.74 Å². The molecule has 1 rings (SSSR count). The standard InChI is InChI=1S/C13H16BrNO2/c1-2-16-13(15)11-5-7-12(8-6-11)17-10-4-3-9-14/h3-8,15H,2,9-10H2,1H3/b4-3+,15-13?. The molecule has 0 amide bonds. The summed E-state index contributed by atoms with van der Waals surface area (Å²) in [6.45, 7) is 2.92. The van der Waals surface area contributed by atoms with Crippen LogP contribution in [0, 0.1) is 5.41 Å². The molecule has 0 spiro atoms. The van der Waals surface area contributed by atoms with Gasteiger partial charge in [-0.3, -0.25) is 5.41 Å². The molecule has 4 heteroatoms. The third-order valence-corrected chi connectivity index (χ3v) is 2.38. The molecule has 0 unspecified atom stereocenters. The van der Waals surface area contributed by atoms with Gasteiger partial charge in [0.15, 0.2) is 0 Å². The van der Waals surface area contributed by atoms with E-state index in [9.17, 15) is 0 Å². The van der Waals surface area contributed by atoms with E-state index in [1.54, 1.807) is 0 Å². The Balaban J connectivity index is 2.50. The summed E-state index contributed by atoms with van der Waals surface area (Å²) in [5.41, 5.74) is 0.759. The van der Waals surface area contributed by atoms with Crippen LogP contribution in [0.25, 0.3) is 0 Å². The van der Waals surface area contributed by atoms with Crippen molar-refractivity contribution in [1.82, 2.24) is 0 Å². The van der Waals surface area contributed by atoms with Crippen molar-refractivity contribution < 1.29 is 9.47 Å². The molecule has 0 fully saturated rings. The minimum atomic E-state index is 0.193. The average Bonchev–Trinajstić information content (AvgIpc) is 2.36. The van der Waals surface area contributed by atoms with Crippen molar-refractivity contribution in [2.45, 2.75) is 6.92 Å². The van der Waals surface area contributed by atoms with Crippen LogP contribution in [-0.4, -0.2) is 24.4 Å². The first-order valence-corrected chi connectivity index (χ1v) is 6.55. The Morgan fingerprint density at radius 3 is 2.59 bits per heavy atom. The van der Waals surface area contributed by atoms with E-state index >= 15 is 0 Å². The Hall–Kier alpha value is -1.29. The molecule has 0 aromatic heterocycles. The molecule has 1 aromatic rings. The van der Waals surface area contributed by atoms with Crippen LogP contribution in [0.1, 0.15) is 12.5 Å². The quantitative estimate of drug-likeness (QED) is 0.378. The largest absolute Gasteiger partial charge is 0.490 e. The molecule has 92 valence electrons. The number of alkyl halides is 1.